The summed E-state index contributed by atoms with van der Waals surface area (Å²) >= 11 is 0. The molecule has 0 aliphatic heterocycles. The third kappa shape index (κ3) is 3.26. The molecule has 7 nitrogen and oxygen atoms in total. The number of hydrogen-bond donors (Lipinski definition) is 2. The lowest BCUT2D eigenvalue weighted by Crippen LogP contribution is -2.36. The predicted molar refractivity (Wildman–Crippen MR) is 90.4 cm³/mol. The number of aromatic nitrogens is 2. The van der Waals surface area contributed by atoms with Gasteiger partial charge < -0.3 is 15.0 Å². The third-order valence-corrected chi connectivity index (χ3v) is 4.45. The highest BCUT2D eigenvalue weighted by molar-refractivity contribution is 5.97. The lowest BCUT2D eigenvalue weighted by atomic mass is 10.1. The van der Waals surface area contributed by atoms with Gasteiger partial charge in [-0.15, -0.1) is 0 Å². The average Bonchev–Trinajstić information content (AvgIpc) is 3.07. The van der Waals surface area contributed by atoms with Gasteiger partial charge in [-0.2, -0.15) is 0 Å². The Bertz CT molecular complexity index is 862. The maximum Gasteiger partial charge on any atom is 0.328 e. The number of carbonyl (C=O) groups is 1. The number of H-pyrrole nitrogens is 1. The topological polar surface area (TPSA) is 93.2 Å². The molecule has 24 heavy (non-hydrogen) atoms. The van der Waals surface area contributed by atoms with Crippen molar-refractivity contribution in [3.8, 4) is 0 Å². The summed E-state index contributed by atoms with van der Waals surface area (Å²) in [7, 11) is 1.51. The molecule has 1 aliphatic carbocycles. The van der Waals surface area contributed by atoms with Crippen LogP contribution in [0.2, 0.25) is 0 Å². The number of methoxy groups -OCH3 is 1. The lowest BCUT2D eigenvalue weighted by Gasteiger charge is -2.12. The van der Waals surface area contributed by atoms with Gasteiger partial charge in [-0.3, -0.25) is 14.2 Å². The van der Waals surface area contributed by atoms with Gasteiger partial charge in [-0.25, -0.2) is 4.79 Å². The number of fused-ring (bicyclic) bond motifs is 1. The van der Waals surface area contributed by atoms with E-state index in [2.05, 4.69) is 10.3 Å². The number of rotatable bonds is 5. The van der Waals surface area contributed by atoms with Crippen molar-refractivity contribution in [2.75, 3.05) is 13.7 Å². The fourth-order valence-corrected chi connectivity index (χ4v) is 3.12. The maximum absolute atomic E-state index is 12.4. The minimum Gasteiger partial charge on any atom is -0.383 e. The van der Waals surface area contributed by atoms with E-state index in [9.17, 15) is 14.4 Å². The number of aromatic amines is 1. The molecule has 0 spiro atoms. The van der Waals surface area contributed by atoms with E-state index in [-0.39, 0.29) is 30.7 Å². The van der Waals surface area contributed by atoms with Crippen molar-refractivity contribution >= 4 is 16.8 Å². The van der Waals surface area contributed by atoms with E-state index >= 15 is 0 Å². The number of hydrogen-bond acceptors (Lipinski definition) is 4. The molecule has 0 bridgehead atoms. The predicted octanol–water partition coefficient (Wildman–Crippen LogP) is 1.01. The molecule has 1 aliphatic rings. The monoisotopic (exact) mass is 331 g/mol. The maximum atomic E-state index is 12.4. The van der Waals surface area contributed by atoms with Crippen LogP contribution in [0.5, 0.6) is 0 Å². The summed E-state index contributed by atoms with van der Waals surface area (Å²) in [5.41, 5.74) is -0.0664. The standard InChI is InChI=1S/C17H21N3O4/c1-24-9-8-20-16(22)13-7-6-11(10-14(13)19-17(20)23)15(21)18-12-4-2-3-5-12/h6-7,10,12H,2-5,8-9H2,1H3,(H,18,21)(H,19,23). The highest BCUT2D eigenvalue weighted by Gasteiger charge is 2.18. The van der Waals surface area contributed by atoms with E-state index in [1.165, 1.54) is 7.11 Å². The number of ether oxygens (including phenoxy) is 1. The SMILES string of the molecule is COCCn1c(=O)[nH]c2cc(C(=O)NC3CCCC3)ccc2c1=O. The Morgan fingerprint density at radius 2 is 2.08 bits per heavy atom. The summed E-state index contributed by atoms with van der Waals surface area (Å²) in [6.07, 6.45) is 4.27. The van der Waals surface area contributed by atoms with Crippen LogP contribution in [-0.4, -0.2) is 35.2 Å². The third-order valence-electron chi connectivity index (χ3n) is 4.45. The van der Waals surface area contributed by atoms with E-state index in [1.807, 2.05) is 0 Å². The number of nitrogens with zero attached hydrogens (tertiary/aromatic N) is 1. The van der Waals surface area contributed by atoms with Crippen LogP contribution in [0, 0.1) is 0 Å². The van der Waals surface area contributed by atoms with E-state index in [4.69, 9.17) is 4.74 Å². The molecule has 0 radical (unpaired) electrons. The van der Waals surface area contributed by atoms with Gasteiger partial charge in [0.25, 0.3) is 11.5 Å². The Labute approximate surface area is 138 Å². The van der Waals surface area contributed by atoms with Crippen molar-refractivity contribution in [3.63, 3.8) is 0 Å². The first kappa shape index (κ1) is 16.4. The molecule has 1 fully saturated rings. The molecule has 1 saturated carbocycles. The Balaban J connectivity index is 1.92. The summed E-state index contributed by atoms with van der Waals surface area (Å²) in [4.78, 5) is 39.5. The first-order valence-corrected chi connectivity index (χ1v) is 8.17. The number of nitrogens with one attached hydrogen (secondary N) is 2. The second kappa shape index (κ2) is 7.00. The molecule has 0 atom stereocenters. The minimum absolute atomic E-state index is 0.173. The fourth-order valence-electron chi connectivity index (χ4n) is 3.12. The largest absolute Gasteiger partial charge is 0.383 e. The van der Waals surface area contributed by atoms with Crippen molar-refractivity contribution in [1.29, 1.82) is 0 Å². The molecule has 2 N–H and O–H groups in total. The zero-order chi connectivity index (χ0) is 17.1. The summed E-state index contributed by atoms with van der Waals surface area (Å²) in [6, 6.07) is 4.98. The Hall–Kier alpha value is -2.41. The normalized spacial score (nSPS) is 15.0. The van der Waals surface area contributed by atoms with Gasteiger partial charge in [0, 0.05) is 18.7 Å². The molecule has 1 amide bonds. The number of carbonyl (C=O) groups excluding carboxylic acids is 1. The van der Waals surface area contributed by atoms with Gasteiger partial charge in [0.15, 0.2) is 0 Å². The van der Waals surface area contributed by atoms with Crippen molar-refractivity contribution in [2.24, 2.45) is 0 Å². The van der Waals surface area contributed by atoms with Crippen molar-refractivity contribution in [3.05, 3.63) is 44.6 Å². The fraction of sp³-hybridized carbons (Fsp3) is 0.471. The second-order valence-electron chi connectivity index (χ2n) is 6.09. The van der Waals surface area contributed by atoms with Crippen molar-refractivity contribution in [2.45, 2.75) is 38.3 Å². The smallest absolute Gasteiger partial charge is 0.328 e. The van der Waals surface area contributed by atoms with E-state index in [0.717, 1.165) is 30.3 Å². The van der Waals surface area contributed by atoms with Gasteiger partial charge >= 0.3 is 5.69 Å². The van der Waals surface area contributed by atoms with E-state index < -0.39 is 5.69 Å². The number of benzene rings is 1. The zero-order valence-corrected chi connectivity index (χ0v) is 13.6. The Morgan fingerprint density at radius 3 is 2.79 bits per heavy atom. The highest BCUT2D eigenvalue weighted by atomic mass is 16.5. The van der Waals surface area contributed by atoms with Crippen LogP contribution in [0.4, 0.5) is 0 Å². The first-order chi connectivity index (χ1) is 11.6. The van der Waals surface area contributed by atoms with Crippen LogP contribution >= 0.6 is 0 Å². The summed E-state index contributed by atoms with van der Waals surface area (Å²) in [6.45, 7) is 0.459. The van der Waals surface area contributed by atoms with Crippen molar-refractivity contribution < 1.29 is 9.53 Å². The van der Waals surface area contributed by atoms with Gasteiger partial charge in [0.05, 0.1) is 24.1 Å². The molecule has 0 unspecified atom stereocenters. The molecule has 1 heterocycles. The molecule has 128 valence electrons. The van der Waals surface area contributed by atoms with E-state index in [1.54, 1.807) is 18.2 Å². The lowest BCUT2D eigenvalue weighted by molar-refractivity contribution is 0.0938. The summed E-state index contributed by atoms with van der Waals surface area (Å²) in [5.74, 6) is -0.173. The molecular weight excluding hydrogens is 310 g/mol. The molecular formula is C17H21N3O4. The molecule has 0 saturated heterocycles. The van der Waals surface area contributed by atoms with Gasteiger partial charge in [-0.05, 0) is 31.0 Å². The zero-order valence-electron chi connectivity index (χ0n) is 13.6. The van der Waals surface area contributed by atoms with Crippen LogP contribution in [0.1, 0.15) is 36.0 Å². The average molecular weight is 331 g/mol. The Kier molecular flexibility index (Phi) is 4.80. The summed E-state index contributed by atoms with van der Waals surface area (Å²) in [5, 5.41) is 3.38. The van der Waals surface area contributed by atoms with Gasteiger partial charge in [-0.1, -0.05) is 12.8 Å². The second-order valence-corrected chi connectivity index (χ2v) is 6.09. The molecule has 3 rings (SSSR count). The Morgan fingerprint density at radius 1 is 1.33 bits per heavy atom. The highest BCUT2D eigenvalue weighted by Crippen LogP contribution is 2.18. The van der Waals surface area contributed by atoms with Crippen LogP contribution < -0.4 is 16.6 Å². The molecule has 2 aromatic rings. The molecule has 1 aromatic heterocycles. The molecule has 7 heteroatoms. The van der Waals surface area contributed by atoms with Crippen LogP contribution in [-0.2, 0) is 11.3 Å². The van der Waals surface area contributed by atoms with Gasteiger partial charge in [0.2, 0.25) is 0 Å². The van der Waals surface area contributed by atoms with Crippen molar-refractivity contribution in [1.82, 2.24) is 14.9 Å². The quantitative estimate of drug-likeness (QED) is 0.855. The van der Waals surface area contributed by atoms with Gasteiger partial charge in [0.1, 0.15) is 0 Å². The first-order valence-electron chi connectivity index (χ1n) is 8.17. The van der Waals surface area contributed by atoms with Crippen LogP contribution in [0.15, 0.2) is 27.8 Å². The van der Waals surface area contributed by atoms with Crippen LogP contribution in [0.25, 0.3) is 10.9 Å². The van der Waals surface area contributed by atoms with Crippen LogP contribution in [0.3, 0.4) is 0 Å². The number of amides is 1. The summed E-state index contributed by atoms with van der Waals surface area (Å²) < 4.78 is 6.02. The molecule has 1 aromatic carbocycles. The minimum atomic E-state index is -0.502. The van der Waals surface area contributed by atoms with E-state index in [0.29, 0.717) is 16.5 Å².